The van der Waals surface area contributed by atoms with E-state index < -0.39 is 0 Å². The molecule has 0 radical (unpaired) electrons. The molecule has 2 aliphatic carbocycles. The van der Waals surface area contributed by atoms with Crippen LogP contribution in [0.3, 0.4) is 0 Å². The minimum absolute atomic E-state index is 0.744. The van der Waals surface area contributed by atoms with Crippen molar-refractivity contribution < 1.29 is 0 Å². The first-order valence-corrected chi connectivity index (χ1v) is 10.7. The third kappa shape index (κ3) is 2.26. The highest BCUT2D eigenvalue weighted by Gasteiger charge is 2.51. The maximum Gasteiger partial charge on any atom is 0.0459 e. The van der Waals surface area contributed by atoms with Gasteiger partial charge in [-0.05, 0) is 74.6 Å². The summed E-state index contributed by atoms with van der Waals surface area (Å²) in [7, 11) is 0. The molecule has 1 aliphatic heterocycles. The fraction of sp³-hybridized carbons (Fsp3) is 0.652. The number of H-pyrrole nitrogens is 1. The van der Waals surface area contributed by atoms with Gasteiger partial charge in [0, 0.05) is 28.6 Å². The minimum Gasteiger partial charge on any atom is -0.358 e. The van der Waals surface area contributed by atoms with Crippen molar-refractivity contribution in [3.63, 3.8) is 0 Å². The lowest BCUT2D eigenvalue weighted by Crippen LogP contribution is -2.55. The fourth-order valence-electron chi connectivity index (χ4n) is 6.86. The molecule has 2 aromatic rings. The highest BCUT2D eigenvalue weighted by molar-refractivity contribution is 5.86. The molecule has 1 saturated heterocycles. The Balaban J connectivity index is 1.66. The lowest BCUT2D eigenvalue weighted by Gasteiger charge is -2.56. The maximum atomic E-state index is 3.88. The topological polar surface area (TPSA) is 19.0 Å². The van der Waals surface area contributed by atoms with Crippen LogP contribution in [0.25, 0.3) is 10.9 Å². The number of piperidine rings is 1. The minimum atomic E-state index is 0.744. The van der Waals surface area contributed by atoms with Crippen LogP contribution in [-0.4, -0.2) is 29.0 Å². The molecule has 3 aliphatic rings. The molecule has 1 aromatic heterocycles. The number of nitrogens with zero attached hydrogens (tertiary/aromatic N) is 1. The Kier molecular flexibility index (Phi) is 3.93. The molecule has 2 heteroatoms. The van der Waals surface area contributed by atoms with Crippen molar-refractivity contribution in [1.29, 1.82) is 0 Å². The van der Waals surface area contributed by atoms with Crippen LogP contribution < -0.4 is 0 Å². The van der Waals surface area contributed by atoms with Crippen LogP contribution in [0.4, 0.5) is 0 Å². The van der Waals surface area contributed by atoms with Crippen molar-refractivity contribution in [3.8, 4) is 0 Å². The van der Waals surface area contributed by atoms with Gasteiger partial charge in [0.1, 0.15) is 0 Å². The zero-order valence-electron chi connectivity index (χ0n) is 15.8. The van der Waals surface area contributed by atoms with E-state index in [1.807, 2.05) is 0 Å². The number of aromatic amines is 1. The van der Waals surface area contributed by atoms with Crippen LogP contribution in [0, 0.1) is 11.8 Å². The molecule has 2 heterocycles. The van der Waals surface area contributed by atoms with Crippen molar-refractivity contribution >= 4 is 10.9 Å². The molecule has 5 atom stereocenters. The molecule has 5 rings (SSSR count). The maximum absolute atomic E-state index is 3.88. The van der Waals surface area contributed by atoms with Crippen molar-refractivity contribution in [2.75, 3.05) is 13.1 Å². The summed E-state index contributed by atoms with van der Waals surface area (Å²) < 4.78 is 0. The Hall–Kier alpha value is -1.28. The Morgan fingerprint density at radius 3 is 2.84 bits per heavy atom. The van der Waals surface area contributed by atoms with Crippen LogP contribution in [0.15, 0.2) is 24.3 Å². The van der Waals surface area contributed by atoms with Gasteiger partial charge in [0.05, 0.1) is 0 Å². The zero-order chi connectivity index (χ0) is 17.0. The van der Waals surface area contributed by atoms with E-state index in [-0.39, 0.29) is 0 Å². The second-order valence-electron chi connectivity index (χ2n) is 8.68. The van der Waals surface area contributed by atoms with Crippen molar-refractivity contribution in [2.45, 2.75) is 70.3 Å². The Labute approximate surface area is 152 Å². The summed E-state index contributed by atoms with van der Waals surface area (Å²) >= 11 is 0. The van der Waals surface area contributed by atoms with E-state index in [1.54, 1.807) is 11.3 Å². The monoisotopic (exact) mass is 336 g/mol. The normalized spacial score (nSPS) is 34.7. The van der Waals surface area contributed by atoms with Gasteiger partial charge in [-0.15, -0.1) is 0 Å². The van der Waals surface area contributed by atoms with E-state index in [1.165, 1.54) is 62.5 Å². The molecule has 0 bridgehead atoms. The lowest BCUT2D eigenvalue weighted by molar-refractivity contribution is -0.00740. The van der Waals surface area contributed by atoms with Gasteiger partial charge in [0.2, 0.25) is 0 Å². The summed E-state index contributed by atoms with van der Waals surface area (Å²) in [6, 6.07) is 9.91. The van der Waals surface area contributed by atoms with E-state index in [0.717, 1.165) is 29.7 Å². The average molecular weight is 337 g/mol. The third-order valence-corrected chi connectivity index (χ3v) is 7.62. The summed E-state index contributed by atoms with van der Waals surface area (Å²) in [5.74, 6) is 3.32. The lowest BCUT2D eigenvalue weighted by atomic mass is 9.56. The van der Waals surface area contributed by atoms with Crippen LogP contribution in [0.1, 0.15) is 75.5 Å². The van der Waals surface area contributed by atoms with Gasteiger partial charge in [0.25, 0.3) is 0 Å². The fourth-order valence-corrected chi connectivity index (χ4v) is 6.86. The van der Waals surface area contributed by atoms with Gasteiger partial charge in [-0.2, -0.15) is 0 Å². The first-order chi connectivity index (χ1) is 12.3. The Bertz CT molecular complexity index is 761. The number of rotatable bonds is 3. The Morgan fingerprint density at radius 1 is 1.12 bits per heavy atom. The number of likely N-dealkylation sites (tertiary alicyclic amines) is 1. The second kappa shape index (κ2) is 6.16. The number of fused-ring (bicyclic) bond motifs is 4. The molecular weight excluding hydrogens is 304 g/mol. The summed E-state index contributed by atoms with van der Waals surface area (Å²) in [6.07, 6.45) is 8.27. The largest absolute Gasteiger partial charge is 0.358 e. The quantitative estimate of drug-likeness (QED) is 0.766. The summed E-state index contributed by atoms with van der Waals surface area (Å²) in [4.78, 5) is 6.74. The molecule has 1 aromatic carbocycles. The third-order valence-electron chi connectivity index (χ3n) is 7.62. The van der Waals surface area contributed by atoms with Crippen molar-refractivity contribution in [3.05, 3.63) is 35.5 Å². The molecule has 2 fully saturated rings. The van der Waals surface area contributed by atoms with E-state index >= 15 is 0 Å². The molecule has 1 saturated carbocycles. The SMILES string of the molecule is CCCN1CC[C@@H]2c3c([nH]c4ccccc34)[C@@H](CC)[C@@H]3CCC[C@H]1[C@H]32. The van der Waals surface area contributed by atoms with Crippen LogP contribution in [0.5, 0.6) is 0 Å². The van der Waals surface area contributed by atoms with Crippen molar-refractivity contribution in [1.82, 2.24) is 9.88 Å². The van der Waals surface area contributed by atoms with Gasteiger partial charge in [0.15, 0.2) is 0 Å². The van der Waals surface area contributed by atoms with E-state index in [9.17, 15) is 0 Å². The number of nitrogens with one attached hydrogen (secondary N) is 1. The number of para-hydroxylation sites is 1. The number of hydrogen-bond acceptors (Lipinski definition) is 1. The first kappa shape index (κ1) is 15.9. The van der Waals surface area contributed by atoms with Gasteiger partial charge in [-0.25, -0.2) is 0 Å². The Morgan fingerprint density at radius 2 is 2.00 bits per heavy atom. The highest BCUT2D eigenvalue weighted by Crippen LogP contribution is 2.58. The predicted molar refractivity (Wildman–Crippen MR) is 105 cm³/mol. The number of benzene rings is 1. The van der Waals surface area contributed by atoms with Gasteiger partial charge in [-0.1, -0.05) is 38.5 Å². The number of hydrogen-bond donors (Lipinski definition) is 1. The van der Waals surface area contributed by atoms with Crippen LogP contribution >= 0.6 is 0 Å². The molecule has 0 unspecified atom stereocenters. The zero-order valence-corrected chi connectivity index (χ0v) is 15.8. The van der Waals surface area contributed by atoms with Crippen molar-refractivity contribution in [2.24, 2.45) is 11.8 Å². The standard InChI is InChI=1S/C23H32N2/c1-3-13-25-14-12-18-21-16(9-7-11-20(21)25)15(4-2)23-22(18)17-8-5-6-10-19(17)24-23/h5-6,8,10,15-16,18,20-21,24H,3-4,7,9,11-14H2,1-2H3/t15-,16-,18-,20-,21+/m0/s1. The van der Waals surface area contributed by atoms with Gasteiger partial charge >= 0.3 is 0 Å². The summed E-state index contributed by atoms with van der Waals surface area (Å²) in [6.45, 7) is 7.37. The molecular formula is C23H32N2. The average Bonchev–Trinajstić information content (AvgIpc) is 3.03. The predicted octanol–water partition coefficient (Wildman–Crippen LogP) is 5.66. The molecule has 1 N–H and O–H groups in total. The van der Waals surface area contributed by atoms with Gasteiger partial charge < -0.3 is 9.88 Å². The molecule has 134 valence electrons. The summed E-state index contributed by atoms with van der Waals surface area (Å²) in [5, 5.41) is 1.52. The molecule has 2 nitrogen and oxygen atoms in total. The van der Waals surface area contributed by atoms with E-state index in [2.05, 4.69) is 48.0 Å². The van der Waals surface area contributed by atoms with Crippen LogP contribution in [0.2, 0.25) is 0 Å². The van der Waals surface area contributed by atoms with E-state index in [0.29, 0.717) is 0 Å². The van der Waals surface area contributed by atoms with Crippen LogP contribution in [-0.2, 0) is 0 Å². The van der Waals surface area contributed by atoms with E-state index in [4.69, 9.17) is 0 Å². The van der Waals surface area contributed by atoms with Gasteiger partial charge in [-0.3, -0.25) is 0 Å². The summed E-state index contributed by atoms with van der Waals surface area (Å²) in [5.41, 5.74) is 4.70. The highest BCUT2D eigenvalue weighted by atomic mass is 15.2. The molecule has 0 amide bonds. The second-order valence-corrected chi connectivity index (χ2v) is 8.68. The molecule has 25 heavy (non-hydrogen) atoms. The molecule has 0 spiro atoms. The smallest absolute Gasteiger partial charge is 0.0459 e. The first-order valence-electron chi connectivity index (χ1n) is 10.7. The number of aromatic nitrogens is 1.